The van der Waals surface area contributed by atoms with Crippen molar-refractivity contribution in [3.63, 3.8) is 0 Å². The van der Waals surface area contributed by atoms with Crippen LogP contribution in [-0.2, 0) is 9.53 Å². The summed E-state index contributed by atoms with van der Waals surface area (Å²) < 4.78 is 7.02. The molecule has 2 aromatic carbocycles. The Bertz CT molecular complexity index is 1200. The summed E-state index contributed by atoms with van der Waals surface area (Å²) in [6.45, 7) is 0.790. The van der Waals surface area contributed by atoms with Gasteiger partial charge in [0.2, 0.25) is 0 Å². The predicted molar refractivity (Wildman–Crippen MR) is 125 cm³/mol. The van der Waals surface area contributed by atoms with E-state index in [1.54, 1.807) is 36.3 Å². The number of rotatable bonds is 7. The number of benzene rings is 2. The van der Waals surface area contributed by atoms with Gasteiger partial charge in [0.05, 0.1) is 29.3 Å². The minimum Gasteiger partial charge on any atom is -0.478 e. The van der Waals surface area contributed by atoms with Crippen molar-refractivity contribution in [3.8, 4) is 5.69 Å². The SMILES string of the molecule is COCCN1C(=O)/C(=C/c2cccn2-c2cccc(C(=O)O)c2)SC1=Nc1ccccc1. The van der Waals surface area contributed by atoms with Crippen LogP contribution >= 0.6 is 11.8 Å². The standard InChI is InChI=1S/C24H21N3O4S/c1-31-14-13-27-22(28)21(32-24(27)25-18-8-3-2-4-9-18)16-20-11-6-12-26(20)19-10-5-7-17(15-19)23(29)30/h2-12,15-16H,13-14H2,1H3,(H,29,30)/b21-16-,25-24?. The summed E-state index contributed by atoms with van der Waals surface area (Å²) in [5.41, 5.74) is 2.42. The molecule has 0 spiro atoms. The molecule has 3 aromatic rings. The molecule has 1 aromatic heterocycles. The number of aromatic nitrogens is 1. The van der Waals surface area contributed by atoms with Crippen LogP contribution in [0.2, 0.25) is 0 Å². The van der Waals surface area contributed by atoms with E-state index in [4.69, 9.17) is 4.74 Å². The first-order chi connectivity index (χ1) is 15.6. The highest BCUT2D eigenvalue weighted by atomic mass is 32.2. The quantitative estimate of drug-likeness (QED) is 0.542. The molecule has 4 rings (SSSR count). The number of nitrogens with zero attached hydrogens (tertiary/aromatic N) is 3. The first-order valence-corrected chi connectivity index (χ1v) is 10.7. The van der Waals surface area contributed by atoms with Crippen LogP contribution in [0.15, 0.2) is 82.8 Å². The van der Waals surface area contributed by atoms with Crippen LogP contribution in [0.25, 0.3) is 11.8 Å². The fourth-order valence-electron chi connectivity index (χ4n) is 3.25. The van der Waals surface area contributed by atoms with Crippen LogP contribution in [-0.4, -0.2) is 51.9 Å². The molecule has 1 aliphatic heterocycles. The number of para-hydroxylation sites is 1. The maximum absolute atomic E-state index is 13.1. The number of carbonyl (C=O) groups is 2. The van der Waals surface area contributed by atoms with E-state index in [0.29, 0.717) is 28.9 Å². The van der Waals surface area contributed by atoms with E-state index < -0.39 is 5.97 Å². The van der Waals surface area contributed by atoms with Gasteiger partial charge in [-0.05, 0) is 60.3 Å². The van der Waals surface area contributed by atoms with Crippen molar-refractivity contribution in [2.75, 3.05) is 20.3 Å². The Labute approximate surface area is 189 Å². The molecule has 1 N–H and O–H groups in total. The van der Waals surface area contributed by atoms with Gasteiger partial charge in [0.25, 0.3) is 5.91 Å². The summed E-state index contributed by atoms with van der Waals surface area (Å²) in [5.74, 6) is -1.13. The van der Waals surface area contributed by atoms with Crippen molar-refractivity contribution in [1.29, 1.82) is 0 Å². The van der Waals surface area contributed by atoms with Gasteiger partial charge < -0.3 is 14.4 Å². The summed E-state index contributed by atoms with van der Waals surface area (Å²) in [4.78, 5) is 31.3. The fourth-order valence-corrected chi connectivity index (χ4v) is 4.26. The molecule has 1 amide bonds. The Morgan fingerprint density at radius 2 is 1.94 bits per heavy atom. The number of amidine groups is 1. The molecule has 1 saturated heterocycles. The number of aromatic carboxylic acids is 1. The van der Waals surface area contributed by atoms with Gasteiger partial charge in [-0.15, -0.1) is 0 Å². The third-order valence-corrected chi connectivity index (χ3v) is 5.83. The number of ether oxygens (including phenoxy) is 1. The molecule has 2 heterocycles. The molecule has 8 heteroatoms. The van der Waals surface area contributed by atoms with Gasteiger partial charge in [-0.2, -0.15) is 0 Å². The molecule has 1 aliphatic rings. The van der Waals surface area contributed by atoms with Crippen LogP contribution < -0.4 is 0 Å². The molecule has 0 saturated carbocycles. The average molecular weight is 448 g/mol. The Morgan fingerprint density at radius 3 is 2.69 bits per heavy atom. The molecular formula is C24H21N3O4S. The second-order valence-electron chi connectivity index (χ2n) is 6.95. The zero-order valence-electron chi connectivity index (χ0n) is 17.3. The van der Waals surface area contributed by atoms with E-state index in [1.807, 2.05) is 59.3 Å². The smallest absolute Gasteiger partial charge is 0.335 e. The summed E-state index contributed by atoms with van der Waals surface area (Å²) in [6, 6.07) is 19.9. The molecule has 0 radical (unpaired) electrons. The van der Waals surface area contributed by atoms with Gasteiger partial charge >= 0.3 is 5.97 Å². The summed E-state index contributed by atoms with van der Waals surface area (Å²) in [7, 11) is 1.59. The number of carboxylic acid groups (broad SMARTS) is 1. The van der Waals surface area contributed by atoms with Crippen molar-refractivity contribution in [3.05, 3.63) is 89.1 Å². The third-order valence-electron chi connectivity index (χ3n) is 4.82. The highest BCUT2D eigenvalue weighted by molar-refractivity contribution is 8.18. The Kier molecular flexibility index (Phi) is 6.53. The monoisotopic (exact) mass is 447 g/mol. The molecule has 0 aliphatic carbocycles. The first kappa shape index (κ1) is 21.6. The second kappa shape index (κ2) is 9.67. The Morgan fingerprint density at radius 1 is 1.12 bits per heavy atom. The van der Waals surface area contributed by atoms with Crippen LogP contribution in [0.3, 0.4) is 0 Å². The number of carbonyl (C=O) groups excluding carboxylic acids is 1. The van der Waals surface area contributed by atoms with E-state index in [0.717, 1.165) is 11.4 Å². The molecule has 1 fully saturated rings. The second-order valence-corrected chi connectivity index (χ2v) is 7.96. The summed E-state index contributed by atoms with van der Waals surface area (Å²) in [6.07, 6.45) is 3.63. The molecule has 32 heavy (non-hydrogen) atoms. The van der Waals surface area contributed by atoms with Crippen LogP contribution in [0.4, 0.5) is 5.69 Å². The molecule has 0 bridgehead atoms. The lowest BCUT2D eigenvalue weighted by atomic mass is 10.2. The van der Waals surface area contributed by atoms with Gasteiger partial charge in [0, 0.05) is 24.7 Å². The van der Waals surface area contributed by atoms with E-state index in [1.165, 1.54) is 11.8 Å². The van der Waals surface area contributed by atoms with Gasteiger partial charge in [-0.3, -0.25) is 9.69 Å². The van der Waals surface area contributed by atoms with Crippen molar-refractivity contribution >= 4 is 40.6 Å². The van der Waals surface area contributed by atoms with Crippen molar-refractivity contribution < 1.29 is 19.4 Å². The van der Waals surface area contributed by atoms with Gasteiger partial charge in [0.15, 0.2) is 5.17 Å². The predicted octanol–water partition coefficient (Wildman–Crippen LogP) is 4.43. The molecular weight excluding hydrogens is 426 g/mol. The largest absolute Gasteiger partial charge is 0.478 e. The molecule has 0 unspecified atom stereocenters. The van der Waals surface area contributed by atoms with E-state index in [2.05, 4.69) is 4.99 Å². The maximum atomic E-state index is 13.1. The molecule has 162 valence electrons. The Hall–Kier alpha value is -3.62. The lowest BCUT2D eigenvalue weighted by Gasteiger charge is -2.14. The highest BCUT2D eigenvalue weighted by Gasteiger charge is 2.33. The minimum atomic E-state index is -0.990. The van der Waals surface area contributed by atoms with E-state index in [-0.39, 0.29) is 11.5 Å². The van der Waals surface area contributed by atoms with Crippen LogP contribution in [0.5, 0.6) is 0 Å². The van der Waals surface area contributed by atoms with E-state index in [9.17, 15) is 14.7 Å². The van der Waals surface area contributed by atoms with Gasteiger partial charge in [-0.1, -0.05) is 24.3 Å². The normalized spacial score (nSPS) is 16.3. The number of aliphatic imine (C=N–C) groups is 1. The first-order valence-electron chi connectivity index (χ1n) is 9.92. The lowest BCUT2D eigenvalue weighted by molar-refractivity contribution is -0.122. The molecule has 7 nitrogen and oxygen atoms in total. The lowest BCUT2D eigenvalue weighted by Crippen LogP contribution is -2.32. The van der Waals surface area contributed by atoms with Crippen molar-refractivity contribution in [1.82, 2.24) is 9.47 Å². The Balaban J connectivity index is 1.68. The number of methoxy groups -OCH3 is 1. The van der Waals surface area contributed by atoms with Crippen molar-refractivity contribution in [2.45, 2.75) is 0 Å². The maximum Gasteiger partial charge on any atom is 0.335 e. The van der Waals surface area contributed by atoms with Crippen molar-refractivity contribution in [2.24, 2.45) is 4.99 Å². The summed E-state index contributed by atoms with van der Waals surface area (Å²) >= 11 is 1.31. The minimum absolute atomic E-state index is 0.145. The zero-order valence-corrected chi connectivity index (χ0v) is 18.2. The topological polar surface area (TPSA) is 84.1 Å². The highest BCUT2D eigenvalue weighted by Crippen LogP contribution is 2.34. The van der Waals surface area contributed by atoms with Gasteiger partial charge in [-0.25, -0.2) is 9.79 Å². The fraction of sp³-hybridized carbons (Fsp3) is 0.125. The number of hydrogen-bond acceptors (Lipinski definition) is 5. The van der Waals surface area contributed by atoms with Gasteiger partial charge in [0.1, 0.15) is 0 Å². The van der Waals surface area contributed by atoms with E-state index >= 15 is 0 Å². The number of hydrogen-bond donors (Lipinski definition) is 1. The van der Waals surface area contributed by atoms with Crippen LogP contribution in [0, 0.1) is 0 Å². The van der Waals surface area contributed by atoms with Crippen LogP contribution in [0.1, 0.15) is 16.1 Å². The molecule has 0 atom stereocenters. The third kappa shape index (κ3) is 4.66. The number of carboxylic acids is 1. The number of thioether (sulfide) groups is 1. The number of amides is 1. The summed E-state index contributed by atoms with van der Waals surface area (Å²) in [5, 5.41) is 9.89. The average Bonchev–Trinajstić information content (AvgIpc) is 3.38. The zero-order chi connectivity index (χ0) is 22.5.